The Morgan fingerprint density at radius 2 is 1.25 bits per heavy atom. The van der Waals surface area contributed by atoms with Crippen molar-refractivity contribution in [1.82, 2.24) is 10.6 Å². The zero-order valence-electron chi connectivity index (χ0n) is 12.1. The molecule has 2 N–H and O–H groups in total. The van der Waals surface area contributed by atoms with Crippen LogP contribution in [0.15, 0.2) is 10.2 Å². The number of thiol groups is 2. The molecule has 0 spiro atoms. The van der Waals surface area contributed by atoms with Crippen molar-refractivity contribution < 1.29 is 17.1 Å². The van der Waals surface area contributed by atoms with Gasteiger partial charge < -0.3 is 21.1 Å². The van der Waals surface area contributed by atoms with Crippen molar-refractivity contribution in [2.45, 2.75) is 33.1 Å². The molecule has 0 aliphatic rings. The van der Waals surface area contributed by atoms with E-state index in [1.54, 1.807) is 14.1 Å². The van der Waals surface area contributed by atoms with Gasteiger partial charge in [-0.25, -0.2) is 0 Å². The molecule has 0 amide bonds. The first-order chi connectivity index (χ1) is 8.99. The number of hydrogen-bond acceptors (Lipinski definition) is 2. The average molecular weight is 366 g/mol. The van der Waals surface area contributed by atoms with Crippen LogP contribution in [0.2, 0.25) is 0 Å². The van der Waals surface area contributed by atoms with Gasteiger partial charge in [-0.3, -0.25) is 10.6 Å². The van der Waals surface area contributed by atoms with E-state index in [-0.39, 0.29) is 17.1 Å². The van der Waals surface area contributed by atoms with Crippen molar-refractivity contribution in [3.8, 4) is 0 Å². The van der Waals surface area contributed by atoms with Crippen LogP contribution in [0.4, 0.5) is 0 Å². The molecule has 0 aromatic carbocycles. The van der Waals surface area contributed by atoms with Crippen LogP contribution in [0.3, 0.4) is 0 Å². The van der Waals surface area contributed by atoms with Gasteiger partial charge in [0, 0.05) is 17.1 Å². The fourth-order valence-corrected chi connectivity index (χ4v) is 1.15. The van der Waals surface area contributed by atoms with Crippen molar-refractivity contribution in [2.75, 3.05) is 14.1 Å². The fraction of sp³-hybridized carbons (Fsp3) is 0.636. The van der Waals surface area contributed by atoms with E-state index in [1.165, 1.54) is 0 Å². The van der Waals surface area contributed by atoms with Gasteiger partial charge in [-0.05, 0) is 58.6 Å². The summed E-state index contributed by atoms with van der Waals surface area (Å²) in [6.45, 7) is 3.88. The van der Waals surface area contributed by atoms with Crippen LogP contribution < -0.4 is 10.6 Å². The molecular formula is C11H22CuN6S2. The zero-order valence-corrected chi connectivity index (χ0v) is 14.8. The molecule has 0 aliphatic heterocycles. The molecule has 0 atom stereocenters. The predicted octanol–water partition coefficient (Wildman–Crippen LogP) is 0.825. The minimum atomic E-state index is 0. The van der Waals surface area contributed by atoms with Crippen LogP contribution >= 0.6 is 0 Å². The Kier molecular flexibility index (Phi) is 14.8. The summed E-state index contributed by atoms with van der Waals surface area (Å²) in [5.41, 5.74) is 9.72. The van der Waals surface area contributed by atoms with Gasteiger partial charge in [0.2, 0.25) is 0 Å². The monoisotopic (exact) mass is 365 g/mol. The van der Waals surface area contributed by atoms with E-state index < -0.39 is 0 Å². The van der Waals surface area contributed by atoms with Gasteiger partial charge >= 0.3 is 0 Å². The number of nitrogens with one attached hydrogen (secondary N) is 2. The molecule has 0 aromatic heterocycles. The van der Waals surface area contributed by atoms with Gasteiger partial charge in [-0.2, -0.15) is 0 Å². The smallest absolute Gasteiger partial charge is 0.186 e. The Balaban J connectivity index is 0. The third-order valence-electron chi connectivity index (χ3n) is 2.16. The summed E-state index contributed by atoms with van der Waals surface area (Å²) in [6.07, 6.45) is 2.69. The summed E-state index contributed by atoms with van der Waals surface area (Å²) >= 11 is 8.14. The zero-order chi connectivity index (χ0) is 14.7. The van der Waals surface area contributed by atoms with Crippen LogP contribution in [-0.2, 0) is 41.5 Å². The van der Waals surface area contributed by atoms with Crippen LogP contribution in [0, 0.1) is 0 Å². The molecule has 9 heteroatoms. The normalized spacial score (nSPS) is 11.6. The van der Waals surface area contributed by atoms with Gasteiger partial charge in [0.1, 0.15) is 0 Å². The summed E-state index contributed by atoms with van der Waals surface area (Å²) < 4.78 is 0. The number of hydrogen-bond donors (Lipinski definition) is 2. The van der Waals surface area contributed by atoms with Gasteiger partial charge in [0.05, 0.1) is 0 Å². The molecule has 6 nitrogen and oxygen atoms in total. The first-order valence-electron chi connectivity index (χ1n) is 5.95. The van der Waals surface area contributed by atoms with Crippen molar-refractivity contribution in [2.24, 2.45) is 10.2 Å². The molecule has 0 saturated carbocycles. The SMILES string of the molecule is CNC(=[SH+])[N-]N=C(C)CCCC(C)=N[N-]C(=[SH+])NC.[Cu]. The van der Waals surface area contributed by atoms with Gasteiger partial charge in [-0.15, -0.1) is 0 Å². The molecule has 0 rings (SSSR count). The molecular weight excluding hydrogens is 344 g/mol. The van der Waals surface area contributed by atoms with Crippen molar-refractivity contribution in [3.05, 3.63) is 10.9 Å². The summed E-state index contributed by atoms with van der Waals surface area (Å²) in [6, 6.07) is 0. The van der Waals surface area contributed by atoms with Crippen LogP contribution in [0.5, 0.6) is 0 Å². The fourth-order valence-electron chi connectivity index (χ4n) is 1.07. The Morgan fingerprint density at radius 3 is 1.55 bits per heavy atom. The van der Waals surface area contributed by atoms with Crippen molar-refractivity contribution >= 4 is 46.1 Å². The topological polar surface area (TPSA) is 77.0 Å². The van der Waals surface area contributed by atoms with Crippen molar-refractivity contribution in [1.29, 1.82) is 0 Å². The molecule has 119 valence electrons. The van der Waals surface area contributed by atoms with E-state index in [0.717, 1.165) is 30.7 Å². The van der Waals surface area contributed by atoms with E-state index in [0.29, 0.717) is 10.2 Å². The summed E-state index contributed by atoms with van der Waals surface area (Å²) in [5.74, 6) is 0. The molecule has 1 radical (unpaired) electrons. The van der Waals surface area contributed by atoms with E-state index in [9.17, 15) is 0 Å². The third kappa shape index (κ3) is 12.6. The maximum atomic E-state index is 4.07. The molecule has 0 unspecified atom stereocenters. The maximum Gasteiger partial charge on any atom is 0.186 e. The Hall–Kier alpha value is -0.441. The average Bonchev–Trinajstić information content (AvgIpc) is 2.41. The minimum Gasteiger partial charge on any atom is -0.515 e. The Bertz CT molecular complexity index is 336. The minimum absolute atomic E-state index is 0. The first kappa shape index (κ1) is 21.9. The maximum absolute atomic E-state index is 4.07. The van der Waals surface area contributed by atoms with Crippen molar-refractivity contribution in [3.63, 3.8) is 0 Å². The molecule has 0 aromatic rings. The van der Waals surface area contributed by atoms with Gasteiger partial charge in [-0.1, -0.05) is 0 Å². The number of rotatable bonds is 6. The van der Waals surface area contributed by atoms with E-state index in [2.05, 4.69) is 56.1 Å². The third-order valence-corrected chi connectivity index (χ3v) is 2.78. The molecule has 0 aliphatic carbocycles. The van der Waals surface area contributed by atoms with E-state index in [4.69, 9.17) is 0 Å². The van der Waals surface area contributed by atoms with Crippen LogP contribution in [0.25, 0.3) is 10.9 Å². The van der Waals surface area contributed by atoms with E-state index in [1.807, 2.05) is 13.8 Å². The quantitative estimate of drug-likeness (QED) is 0.182. The second-order valence-electron chi connectivity index (χ2n) is 3.87. The summed E-state index contributed by atoms with van der Waals surface area (Å²) in [7, 11) is 3.50. The Labute approximate surface area is 142 Å². The van der Waals surface area contributed by atoms with E-state index >= 15 is 0 Å². The molecule has 0 bridgehead atoms. The van der Waals surface area contributed by atoms with Crippen LogP contribution in [-0.4, -0.2) is 35.7 Å². The first-order valence-corrected chi connectivity index (χ1v) is 6.84. The number of nitrogens with zero attached hydrogens (tertiary/aromatic N) is 4. The summed E-state index contributed by atoms with van der Waals surface area (Å²) in [4.78, 5) is 0. The second-order valence-corrected chi connectivity index (χ2v) is 4.72. The predicted molar refractivity (Wildman–Crippen MR) is 92.4 cm³/mol. The standard InChI is InChI=1S/C11H22N6S2.Cu/c1-8(14-16-10(18)12-3)6-5-7-9(2)15-17-11(19)13-4;/h5-7H2,1-4H3,(H4,12,13,16,17,18,19);. The Morgan fingerprint density at radius 1 is 0.900 bits per heavy atom. The molecule has 0 fully saturated rings. The van der Waals surface area contributed by atoms with Gasteiger partial charge in [0.15, 0.2) is 34.7 Å². The molecule has 0 saturated heterocycles. The largest absolute Gasteiger partial charge is 0.515 e. The summed E-state index contributed by atoms with van der Waals surface area (Å²) in [5, 5.41) is 14.7. The molecule has 0 heterocycles. The second kappa shape index (κ2) is 13.5. The van der Waals surface area contributed by atoms with Crippen LogP contribution in [0.1, 0.15) is 33.1 Å². The molecule has 20 heavy (non-hydrogen) atoms. The van der Waals surface area contributed by atoms with Gasteiger partial charge in [0.25, 0.3) is 0 Å².